The number of benzene rings is 1. The van der Waals surface area contributed by atoms with Crippen LogP contribution in [-0.2, 0) is 0 Å². The van der Waals surface area contributed by atoms with Crippen molar-refractivity contribution < 1.29 is 8.78 Å². The van der Waals surface area contributed by atoms with Gasteiger partial charge in [0.1, 0.15) is 11.6 Å². The van der Waals surface area contributed by atoms with Gasteiger partial charge < -0.3 is 5.73 Å². The number of halogens is 2. The molecule has 0 fully saturated rings. The Morgan fingerprint density at radius 1 is 1.10 bits per heavy atom. The Kier molecular flexibility index (Phi) is 4.23. The molecule has 0 atom stereocenters. The second-order valence-electron chi connectivity index (χ2n) is 4.79. The predicted octanol–water partition coefficient (Wildman–Crippen LogP) is 3.92. The maximum atomic E-state index is 13.8. The summed E-state index contributed by atoms with van der Waals surface area (Å²) in [4.78, 5) is 8.38. The number of nitrogens with two attached hydrogens (primary N) is 1. The van der Waals surface area contributed by atoms with E-state index in [1.54, 1.807) is 0 Å². The third-order valence-electron chi connectivity index (χ3n) is 2.66. The number of anilines is 1. The Bertz CT molecular complexity index is 621. The number of rotatable bonds is 3. The largest absolute Gasteiger partial charge is 0.399 e. The summed E-state index contributed by atoms with van der Waals surface area (Å²) in [7, 11) is 0. The molecule has 1 heterocycles. The van der Waals surface area contributed by atoms with Crippen LogP contribution < -0.4 is 5.73 Å². The minimum atomic E-state index is -0.705. The molecular weight excluding hydrogens is 280 g/mol. The Hall–Kier alpha value is -1.69. The molecule has 0 saturated carbocycles. The molecule has 0 radical (unpaired) electrons. The Balaban J connectivity index is 2.40. The molecule has 1 aromatic heterocycles. The minimum absolute atomic E-state index is 0.0531. The van der Waals surface area contributed by atoms with E-state index in [1.165, 1.54) is 0 Å². The lowest BCUT2D eigenvalue weighted by Gasteiger charge is -2.09. The molecule has 0 aliphatic rings. The van der Waals surface area contributed by atoms with Crippen LogP contribution in [0, 0.1) is 18.6 Å². The second-order valence-corrected chi connectivity index (χ2v) is 5.76. The number of nitrogen functional groups attached to an aromatic ring is 1. The van der Waals surface area contributed by atoms with Crippen molar-refractivity contribution in [3.63, 3.8) is 0 Å². The molecule has 2 rings (SSSR count). The maximum Gasteiger partial charge on any atom is 0.193 e. The summed E-state index contributed by atoms with van der Waals surface area (Å²) in [6.45, 7) is 5.83. The van der Waals surface area contributed by atoms with Crippen molar-refractivity contribution in [1.82, 2.24) is 9.97 Å². The third kappa shape index (κ3) is 3.25. The van der Waals surface area contributed by atoms with Gasteiger partial charge in [0.15, 0.2) is 5.16 Å². The smallest absolute Gasteiger partial charge is 0.193 e. The molecule has 2 aromatic rings. The topological polar surface area (TPSA) is 51.8 Å². The molecule has 20 heavy (non-hydrogen) atoms. The van der Waals surface area contributed by atoms with Gasteiger partial charge in [-0.25, -0.2) is 18.7 Å². The first kappa shape index (κ1) is 14.7. The van der Waals surface area contributed by atoms with Crippen LogP contribution in [0.4, 0.5) is 14.5 Å². The predicted molar refractivity (Wildman–Crippen MR) is 75.8 cm³/mol. The van der Waals surface area contributed by atoms with Gasteiger partial charge >= 0.3 is 0 Å². The molecule has 2 N–H and O–H groups in total. The summed E-state index contributed by atoms with van der Waals surface area (Å²) in [5, 5.41) is 0.330. The van der Waals surface area contributed by atoms with Gasteiger partial charge in [0, 0.05) is 17.1 Å². The van der Waals surface area contributed by atoms with Gasteiger partial charge in [0.2, 0.25) is 0 Å². The van der Waals surface area contributed by atoms with Gasteiger partial charge in [-0.15, -0.1) is 0 Å². The number of nitrogens with zero attached hydrogens (tertiary/aromatic N) is 2. The van der Waals surface area contributed by atoms with Crippen LogP contribution in [0.5, 0.6) is 0 Å². The number of hydrogen-bond acceptors (Lipinski definition) is 4. The van der Waals surface area contributed by atoms with E-state index in [4.69, 9.17) is 5.73 Å². The van der Waals surface area contributed by atoms with Crippen molar-refractivity contribution in [1.29, 1.82) is 0 Å². The standard InChI is InChI=1S/C14H15F2N3S/c1-7(2)12-4-8(3)18-14(19-12)20-13-10(15)5-9(17)6-11(13)16/h4-7H,17H2,1-3H3. The van der Waals surface area contributed by atoms with Crippen LogP contribution in [0.15, 0.2) is 28.3 Å². The highest BCUT2D eigenvalue weighted by Gasteiger charge is 2.15. The summed E-state index contributed by atoms with van der Waals surface area (Å²) in [5.41, 5.74) is 7.05. The second kappa shape index (κ2) is 5.75. The van der Waals surface area contributed by atoms with Crippen molar-refractivity contribution in [2.45, 2.75) is 36.7 Å². The molecule has 0 spiro atoms. The Morgan fingerprint density at radius 2 is 1.70 bits per heavy atom. The summed E-state index contributed by atoms with van der Waals surface area (Å²) in [6, 6.07) is 4.04. The van der Waals surface area contributed by atoms with Gasteiger partial charge in [-0.1, -0.05) is 13.8 Å². The number of hydrogen-bond donors (Lipinski definition) is 1. The summed E-state index contributed by atoms with van der Waals surface area (Å²) < 4.78 is 27.5. The van der Waals surface area contributed by atoms with Crippen LogP contribution in [0.1, 0.15) is 31.2 Å². The maximum absolute atomic E-state index is 13.8. The van der Waals surface area contributed by atoms with Gasteiger partial charge in [0.25, 0.3) is 0 Å². The Morgan fingerprint density at radius 3 is 2.25 bits per heavy atom. The van der Waals surface area contributed by atoms with Crippen molar-refractivity contribution in [3.05, 3.63) is 41.2 Å². The first-order valence-electron chi connectivity index (χ1n) is 6.14. The van der Waals surface area contributed by atoms with Gasteiger partial charge in [-0.3, -0.25) is 0 Å². The van der Waals surface area contributed by atoms with Crippen LogP contribution in [0.25, 0.3) is 0 Å². The zero-order chi connectivity index (χ0) is 14.9. The van der Waals surface area contributed by atoms with Crippen LogP contribution in [0.2, 0.25) is 0 Å². The average molecular weight is 295 g/mol. The van der Waals surface area contributed by atoms with Crippen LogP contribution >= 0.6 is 11.8 Å². The highest BCUT2D eigenvalue weighted by atomic mass is 32.2. The first-order valence-corrected chi connectivity index (χ1v) is 6.96. The molecule has 0 aliphatic heterocycles. The molecule has 0 saturated heterocycles. The van der Waals surface area contributed by atoms with Gasteiger partial charge in [-0.05, 0) is 42.8 Å². The third-order valence-corrected chi connectivity index (χ3v) is 3.62. The number of aromatic nitrogens is 2. The van der Waals surface area contributed by atoms with Crippen LogP contribution in [-0.4, -0.2) is 9.97 Å². The average Bonchev–Trinajstić information content (AvgIpc) is 2.33. The first-order chi connectivity index (χ1) is 9.36. The highest BCUT2D eigenvalue weighted by Crippen LogP contribution is 2.32. The molecule has 0 unspecified atom stereocenters. The van der Waals surface area contributed by atoms with Gasteiger partial charge in [0.05, 0.1) is 4.90 Å². The molecule has 0 bridgehead atoms. The van der Waals surface area contributed by atoms with E-state index in [0.717, 1.165) is 35.3 Å². The van der Waals surface area contributed by atoms with Crippen molar-refractivity contribution in [2.75, 3.05) is 5.73 Å². The van der Waals surface area contributed by atoms with E-state index in [1.807, 2.05) is 26.8 Å². The van der Waals surface area contributed by atoms with E-state index < -0.39 is 11.6 Å². The fraction of sp³-hybridized carbons (Fsp3) is 0.286. The quantitative estimate of drug-likeness (QED) is 0.689. The SMILES string of the molecule is Cc1cc(C(C)C)nc(Sc2c(F)cc(N)cc2F)n1. The van der Waals surface area contributed by atoms with E-state index in [-0.39, 0.29) is 16.5 Å². The lowest BCUT2D eigenvalue weighted by atomic mass is 10.1. The Labute approximate surface area is 120 Å². The van der Waals surface area contributed by atoms with E-state index in [2.05, 4.69) is 9.97 Å². The lowest BCUT2D eigenvalue weighted by molar-refractivity contribution is 0.541. The van der Waals surface area contributed by atoms with E-state index >= 15 is 0 Å². The molecule has 1 aromatic carbocycles. The van der Waals surface area contributed by atoms with Crippen molar-refractivity contribution in [2.24, 2.45) is 0 Å². The molecular formula is C14H15F2N3S. The summed E-state index contributed by atoms with van der Waals surface area (Å²) in [5.74, 6) is -1.19. The molecule has 0 amide bonds. The minimum Gasteiger partial charge on any atom is -0.399 e. The monoisotopic (exact) mass is 295 g/mol. The molecule has 6 heteroatoms. The fourth-order valence-electron chi connectivity index (χ4n) is 1.67. The molecule has 0 aliphatic carbocycles. The summed E-state index contributed by atoms with van der Waals surface area (Å²) >= 11 is 0.867. The molecule has 106 valence electrons. The fourth-order valence-corrected chi connectivity index (χ4v) is 2.51. The van der Waals surface area contributed by atoms with E-state index in [0.29, 0.717) is 5.16 Å². The van der Waals surface area contributed by atoms with Crippen molar-refractivity contribution in [3.8, 4) is 0 Å². The lowest BCUT2D eigenvalue weighted by Crippen LogP contribution is -2.00. The zero-order valence-electron chi connectivity index (χ0n) is 11.4. The van der Waals surface area contributed by atoms with Gasteiger partial charge in [-0.2, -0.15) is 0 Å². The van der Waals surface area contributed by atoms with E-state index in [9.17, 15) is 8.78 Å². The molecule has 3 nitrogen and oxygen atoms in total. The zero-order valence-corrected chi connectivity index (χ0v) is 12.3. The number of aryl methyl sites for hydroxylation is 1. The van der Waals surface area contributed by atoms with Crippen molar-refractivity contribution >= 4 is 17.4 Å². The normalized spacial score (nSPS) is 11.1. The highest BCUT2D eigenvalue weighted by molar-refractivity contribution is 7.99. The summed E-state index contributed by atoms with van der Waals surface area (Å²) in [6.07, 6.45) is 0. The van der Waals surface area contributed by atoms with Crippen LogP contribution in [0.3, 0.4) is 0 Å².